The van der Waals surface area contributed by atoms with Crippen LogP contribution in [0.5, 0.6) is 0 Å². The number of carboxylic acids is 1. The number of fused-ring (bicyclic) bond motifs is 1. The minimum absolute atomic E-state index is 0.131. The highest BCUT2D eigenvalue weighted by atomic mass is 32.2. The van der Waals surface area contributed by atoms with Gasteiger partial charge in [-0.3, -0.25) is 14.5 Å². The number of tetrazole rings is 1. The molecule has 198 valence electrons. The highest BCUT2D eigenvalue weighted by Crippen LogP contribution is 2.41. The van der Waals surface area contributed by atoms with Crippen LogP contribution in [0.4, 0.5) is 5.13 Å². The number of aliphatic hydroxyl groups is 2. The summed E-state index contributed by atoms with van der Waals surface area (Å²) in [7, 11) is 0. The molecule has 0 aromatic carbocycles. The van der Waals surface area contributed by atoms with Gasteiger partial charge in [-0.05, 0) is 16.0 Å². The van der Waals surface area contributed by atoms with Crippen molar-refractivity contribution in [3.8, 4) is 0 Å². The van der Waals surface area contributed by atoms with Gasteiger partial charge in [-0.1, -0.05) is 16.9 Å². The van der Waals surface area contributed by atoms with Crippen LogP contribution in [0.1, 0.15) is 5.69 Å². The van der Waals surface area contributed by atoms with Crippen LogP contribution >= 0.6 is 34.9 Å². The number of amides is 2. The Bertz CT molecular complexity index is 1250. The molecule has 0 saturated carbocycles. The van der Waals surface area contributed by atoms with Gasteiger partial charge in [0.05, 0.1) is 19.8 Å². The van der Waals surface area contributed by atoms with Gasteiger partial charge < -0.3 is 31.2 Å². The number of nitrogens with one attached hydrogen (secondary N) is 1. The van der Waals surface area contributed by atoms with E-state index in [1.165, 1.54) is 33.6 Å². The molecule has 0 spiro atoms. The number of β-lactam (4-membered cyclic amide) rings is 1. The summed E-state index contributed by atoms with van der Waals surface area (Å²) in [4.78, 5) is 48.1. The van der Waals surface area contributed by atoms with Gasteiger partial charge in [0.2, 0.25) is 5.16 Å². The maximum Gasteiger partial charge on any atom is 0.352 e. The lowest BCUT2D eigenvalue weighted by Gasteiger charge is -2.49. The number of hydrogen-bond acceptors (Lipinski definition) is 15. The maximum atomic E-state index is 13.0. The molecule has 2 aromatic rings. The number of aliphatic carboxylic acids is 1. The van der Waals surface area contributed by atoms with Crippen LogP contribution in [0.3, 0.4) is 0 Å². The van der Waals surface area contributed by atoms with Crippen molar-refractivity contribution in [3.05, 3.63) is 22.3 Å². The summed E-state index contributed by atoms with van der Waals surface area (Å²) in [5.74, 6) is -2.13. The van der Waals surface area contributed by atoms with Gasteiger partial charge in [-0.25, -0.2) is 14.5 Å². The molecule has 19 heteroatoms. The second-order valence-corrected chi connectivity index (χ2v) is 10.3. The molecule has 0 bridgehead atoms. The fourth-order valence-corrected chi connectivity index (χ4v) is 6.38. The number of carbonyl (C=O) groups is 3. The number of rotatable bonds is 12. The maximum absolute atomic E-state index is 13.0. The average molecular weight is 572 g/mol. The van der Waals surface area contributed by atoms with Crippen molar-refractivity contribution in [2.45, 2.75) is 23.1 Å². The molecule has 2 atom stereocenters. The molecule has 0 radical (unpaired) electrons. The Morgan fingerprint density at radius 2 is 2.16 bits per heavy atom. The predicted octanol–water partition coefficient (Wildman–Crippen LogP) is -2.05. The summed E-state index contributed by atoms with van der Waals surface area (Å²) >= 11 is 3.56. The van der Waals surface area contributed by atoms with Crippen LogP contribution in [0.2, 0.25) is 0 Å². The molecule has 1 unspecified atom stereocenters. The molecule has 0 aliphatic carbocycles. The van der Waals surface area contributed by atoms with Crippen LogP contribution in [0.15, 0.2) is 27.0 Å². The first kappa shape index (κ1) is 26.8. The molecule has 2 aromatic heterocycles. The van der Waals surface area contributed by atoms with Crippen molar-refractivity contribution in [1.29, 1.82) is 0 Å². The smallest absolute Gasteiger partial charge is 0.352 e. The molecule has 4 rings (SSSR count). The summed E-state index contributed by atoms with van der Waals surface area (Å²) < 4.78 is 1.39. The lowest BCUT2D eigenvalue weighted by Crippen LogP contribution is -2.71. The minimum Gasteiger partial charge on any atom is -0.477 e. The van der Waals surface area contributed by atoms with Gasteiger partial charge >= 0.3 is 5.97 Å². The van der Waals surface area contributed by atoms with E-state index in [1.54, 1.807) is 0 Å². The average Bonchev–Trinajstić information content (AvgIpc) is 3.51. The first-order chi connectivity index (χ1) is 17.8. The molecular weight excluding hydrogens is 550 g/mol. The van der Waals surface area contributed by atoms with E-state index in [4.69, 9.17) is 20.8 Å². The number of thiazole rings is 1. The van der Waals surface area contributed by atoms with Crippen molar-refractivity contribution < 1.29 is 34.5 Å². The Labute approximate surface area is 220 Å². The molecular formula is C18H21N9O7S3. The molecule has 2 aliphatic rings. The van der Waals surface area contributed by atoms with Crippen LogP contribution in [0.25, 0.3) is 0 Å². The van der Waals surface area contributed by atoms with Gasteiger partial charge in [0.25, 0.3) is 11.8 Å². The SMILES string of the molecule is Nc1nc(C(=NOCCO)C(=O)NC2C(=O)N3C(C(=O)O)=C(CSc4nnnn4CCO)CS[C@@H]23)cs1. The van der Waals surface area contributed by atoms with Gasteiger partial charge in [0.15, 0.2) is 10.8 Å². The van der Waals surface area contributed by atoms with Gasteiger partial charge in [0.1, 0.15) is 29.4 Å². The van der Waals surface area contributed by atoms with Gasteiger partial charge in [0, 0.05) is 16.9 Å². The van der Waals surface area contributed by atoms with Crippen molar-refractivity contribution in [3.63, 3.8) is 0 Å². The zero-order valence-corrected chi connectivity index (χ0v) is 21.3. The summed E-state index contributed by atoms with van der Waals surface area (Å²) in [6.45, 7) is -0.462. The number of thioether (sulfide) groups is 2. The normalized spacial score (nSPS) is 19.5. The zero-order chi connectivity index (χ0) is 26.5. The molecule has 2 aliphatic heterocycles. The molecule has 37 heavy (non-hydrogen) atoms. The Kier molecular flexibility index (Phi) is 8.59. The Balaban J connectivity index is 1.48. The van der Waals surface area contributed by atoms with E-state index in [1.807, 2.05) is 0 Å². The second-order valence-electron chi connectivity index (χ2n) is 7.38. The Morgan fingerprint density at radius 1 is 1.35 bits per heavy atom. The number of anilines is 1. The molecule has 4 heterocycles. The molecule has 6 N–H and O–H groups in total. The Hall–Kier alpha value is -3.26. The Morgan fingerprint density at radius 3 is 2.84 bits per heavy atom. The van der Waals surface area contributed by atoms with Crippen molar-refractivity contribution in [2.24, 2.45) is 5.16 Å². The van der Waals surface area contributed by atoms with Crippen molar-refractivity contribution in [1.82, 2.24) is 35.4 Å². The second kappa shape index (κ2) is 11.9. The van der Waals surface area contributed by atoms with E-state index < -0.39 is 29.2 Å². The number of oxime groups is 1. The summed E-state index contributed by atoms with van der Waals surface area (Å²) in [5.41, 5.74) is 5.88. The number of aliphatic hydroxyl groups excluding tert-OH is 2. The third-order valence-corrected chi connectivity index (χ3v) is 8.10. The van der Waals surface area contributed by atoms with E-state index in [9.17, 15) is 19.5 Å². The third-order valence-electron chi connectivity index (χ3n) is 5.04. The molecule has 1 fully saturated rings. The summed E-state index contributed by atoms with van der Waals surface area (Å²) in [6, 6.07) is -1.00. The number of hydrogen-bond donors (Lipinski definition) is 5. The van der Waals surface area contributed by atoms with E-state index in [0.717, 1.165) is 16.2 Å². The predicted molar refractivity (Wildman–Crippen MR) is 131 cm³/mol. The summed E-state index contributed by atoms with van der Waals surface area (Å²) in [6.07, 6.45) is 0. The van der Waals surface area contributed by atoms with Crippen molar-refractivity contribution >= 4 is 63.5 Å². The first-order valence-electron chi connectivity index (χ1n) is 10.6. The molecule has 16 nitrogen and oxygen atoms in total. The lowest BCUT2D eigenvalue weighted by molar-refractivity contribution is -0.150. The van der Waals surface area contributed by atoms with Crippen LogP contribution < -0.4 is 11.1 Å². The van der Waals surface area contributed by atoms with Crippen molar-refractivity contribution in [2.75, 3.05) is 37.1 Å². The number of aromatic nitrogens is 5. The third kappa shape index (κ3) is 5.69. The highest BCUT2D eigenvalue weighted by Gasteiger charge is 2.54. The highest BCUT2D eigenvalue weighted by molar-refractivity contribution is 8.01. The van der Waals surface area contributed by atoms with E-state index in [0.29, 0.717) is 16.5 Å². The zero-order valence-electron chi connectivity index (χ0n) is 18.9. The van der Waals surface area contributed by atoms with Crippen LogP contribution in [-0.4, -0.2) is 112 Å². The van der Waals surface area contributed by atoms with Gasteiger partial charge in [-0.15, -0.1) is 28.2 Å². The topological polar surface area (TPSA) is 231 Å². The number of nitrogens with zero attached hydrogens (tertiary/aromatic N) is 7. The quantitative estimate of drug-likeness (QED) is 0.0607. The fraction of sp³-hybridized carbons (Fsp3) is 0.444. The molecule has 2 amide bonds. The van der Waals surface area contributed by atoms with E-state index in [-0.39, 0.29) is 54.4 Å². The largest absolute Gasteiger partial charge is 0.477 e. The number of carboxylic acid groups (broad SMARTS) is 1. The number of carbonyl (C=O) groups excluding carboxylic acids is 2. The lowest BCUT2D eigenvalue weighted by atomic mass is 10.0. The first-order valence-corrected chi connectivity index (χ1v) is 13.5. The van der Waals surface area contributed by atoms with Gasteiger partial charge in [-0.2, -0.15) is 0 Å². The van der Waals surface area contributed by atoms with E-state index >= 15 is 0 Å². The summed E-state index contributed by atoms with van der Waals surface area (Å²) in [5, 5.41) is 46.8. The fourth-order valence-electron chi connectivity index (χ4n) is 3.44. The van der Waals surface area contributed by atoms with E-state index in [2.05, 4.69) is 31.0 Å². The minimum atomic E-state index is -1.27. The van der Waals surface area contributed by atoms with Crippen LogP contribution in [0, 0.1) is 0 Å². The monoisotopic (exact) mass is 571 g/mol. The standard InChI is InChI=1S/C18H21N9O7S3/c19-17-20-9(7-36-17)10(23-34-4-3-29)13(30)21-11-14(31)27-12(16(32)33)8(5-35-15(11)27)6-37-18-22-24-25-26(18)1-2-28/h7,11,15,28-29H,1-6H2,(H2,19,20)(H,21,30)(H,32,33)/t11?,15-/m0/s1. The number of nitrogen functional groups attached to an aromatic ring is 1. The number of nitrogens with two attached hydrogens (primary N) is 1. The molecule has 1 saturated heterocycles. The van der Waals surface area contributed by atoms with Crippen LogP contribution in [-0.2, 0) is 25.8 Å².